The van der Waals surface area contributed by atoms with Crippen LogP contribution in [-0.4, -0.2) is 5.78 Å². The Bertz CT molecular complexity index is 695. The minimum atomic E-state index is -0.215. The van der Waals surface area contributed by atoms with E-state index in [0.29, 0.717) is 4.88 Å². The normalized spacial score (nSPS) is 12.0. The molecule has 2 rings (SSSR count). The number of allylic oxidation sites excluding steroid dienone is 1. The average molecular weight is 295 g/mol. The van der Waals surface area contributed by atoms with Gasteiger partial charge in [-0.05, 0) is 34.1 Å². The van der Waals surface area contributed by atoms with Crippen LogP contribution in [0.15, 0.2) is 47.4 Å². The SMILES string of the molecule is CC(C)(C)c1ccc(/C=C(\C#N)C(=O)c2cccs2)cc1. The molecule has 1 aromatic heterocycles. The van der Waals surface area contributed by atoms with Gasteiger partial charge in [-0.25, -0.2) is 0 Å². The van der Waals surface area contributed by atoms with Crippen molar-refractivity contribution >= 4 is 23.2 Å². The quantitative estimate of drug-likeness (QED) is 0.462. The second-order valence-electron chi connectivity index (χ2n) is 5.85. The molecular weight excluding hydrogens is 278 g/mol. The standard InChI is InChI=1S/C18H17NOS/c1-18(2,3)15-8-6-13(7-9-15)11-14(12-19)17(20)16-5-4-10-21-16/h4-11H,1-3H3/b14-11+. The second-order valence-corrected chi connectivity index (χ2v) is 6.80. The van der Waals surface area contributed by atoms with E-state index in [1.165, 1.54) is 16.9 Å². The third kappa shape index (κ3) is 3.68. The Kier molecular flexibility index (Phi) is 4.40. The molecule has 0 saturated heterocycles. The Balaban J connectivity index is 2.29. The second kappa shape index (κ2) is 6.07. The highest BCUT2D eigenvalue weighted by molar-refractivity contribution is 7.12. The minimum Gasteiger partial charge on any atom is -0.287 e. The van der Waals surface area contributed by atoms with Gasteiger partial charge in [-0.15, -0.1) is 11.3 Å². The first-order valence-corrected chi connectivity index (χ1v) is 7.60. The van der Waals surface area contributed by atoms with Gasteiger partial charge in [0.15, 0.2) is 0 Å². The first-order valence-electron chi connectivity index (χ1n) is 6.72. The summed E-state index contributed by atoms with van der Waals surface area (Å²) in [5, 5.41) is 11.0. The number of thiophene rings is 1. The van der Waals surface area contributed by atoms with Crippen molar-refractivity contribution in [2.45, 2.75) is 26.2 Å². The van der Waals surface area contributed by atoms with Gasteiger partial charge in [0.05, 0.1) is 4.88 Å². The molecule has 1 aromatic carbocycles. The molecule has 0 saturated carbocycles. The molecular formula is C18H17NOS. The van der Waals surface area contributed by atoms with Crippen LogP contribution in [0.4, 0.5) is 0 Å². The van der Waals surface area contributed by atoms with Crippen LogP contribution >= 0.6 is 11.3 Å². The lowest BCUT2D eigenvalue weighted by Gasteiger charge is -2.18. The van der Waals surface area contributed by atoms with Crippen molar-refractivity contribution in [1.82, 2.24) is 0 Å². The van der Waals surface area contributed by atoms with Gasteiger partial charge < -0.3 is 0 Å². The van der Waals surface area contributed by atoms with Crippen molar-refractivity contribution < 1.29 is 4.79 Å². The van der Waals surface area contributed by atoms with Crippen molar-refractivity contribution in [2.75, 3.05) is 0 Å². The molecule has 1 heterocycles. The molecule has 0 aliphatic heterocycles. The number of nitrogens with zero attached hydrogens (tertiary/aromatic N) is 1. The van der Waals surface area contributed by atoms with Crippen molar-refractivity contribution in [1.29, 1.82) is 5.26 Å². The molecule has 0 unspecified atom stereocenters. The largest absolute Gasteiger partial charge is 0.287 e. The number of hydrogen-bond acceptors (Lipinski definition) is 3. The predicted molar refractivity (Wildman–Crippen MR) is 87.4 cm³/mol. The van der Waals surface area contributed by atoms with Crippen molar-refractivity contribution in [3.8, 4) is 6.07 Å². The van der Waals surface area contributed by atoms with Crippen LogP contribution in [-0.2, 0) is 5.41 Å². The molecule has 0 radical (unpaired) electrons. The van der Waals surface area contributed by atoms with Crippen LogP contribution < -0.4 is 0 Å². The summed E-state index contributed by atoms with van der Waals surface area (Å²) in [6.45, 7) is 6.45. The van der Waals surface area contributed by atoms with Crippen LogP contribution in [0.5, 0.6) is 0 Å². The zero-order valence-electron chi connectivity index (χ0n) is 12.4. The highest BCUT2D eigenvalue weighted by Gasteiger charge is 2.14. The molecule has 0 N–H and O–H groups in total. The number of ketones is 1. The predicted octanol–water partition coefficient (Wildman–Crippen LogP) is 4.84. The van der Waals surface area contributed by atoms with Crippen LogP contribution in [0, 0.1) is 11.3 Å². The molecule has 21 heavy (non-hydrogen) atoms. The number of Topliss-reactive ketones (excluding diaryl/α,β-unsaturated/α-hetero) is 1. The first kappa shape index (κ1) is 15.2. The van der Waals surface area contributed by atoms with Crippen LogP contribution in [0.1, 0.15) is 41.6 Å². The molecule has 0 aliphatic carbocycles. The number of carbonyl (C=O) groups excluding carboxylic acids is 1. The summed E-state index contributed by atoms with van der Waals surface area (Å²) in [5.74, 6) is -0.215. The maximum Gasteiger partial charge on any atom is 0.213 e. The molecule has 2 aromatic rings. The number of hydrogen-bond donors (Lipinski definition) is 0. The minimum absolute atomic E-state index is 0.0904. The lowest BCUT2D eigenvalue weighted by Crippen LogP contribution is -2.10. The van der Waals surface area contributed by atoms with Gasteiger partial charge in [-0.2, -0.15) is 5.26 Å². The van der Waals surface area contributed by atoms with E-state index in [1.807, 2.05) is 41.8 Å². The van der Waals surface area contributed by atoms with Crippen LogP contribution in [0.25, 0.3) is 6.08 Å². The highest BCUT2D eigenvalue weighted by Crippen LogP contribution is 2.23. The summed E-state index contributed by atoms with van der Waals surface area (Å²) in [6, 6.07) is 13.5. The third-order valence-corrected chi connectivity index (χ3v) is 4.07. The van der Waals surface area contributed by atoms with E-state index in [0.717, 1.165) is 5.56 Å². The first-order chi connectivity index (χ1) is 9.91. The topological polar surface area (TPSA) is 40.9 Å². The van der Waals surface area contributed by atoms with E-state index in [2.05, 4.69) is 20.8 Å². The van der Waals surface area contributed by atoms with E-state index < -0.39 is 0 Å². The fourth-order valence-electron chi connectivity index (χ4n) is 1.94. The molecule has 0 atom stereocenters. The van der Waals surface area contributed by atoms with Gasteiger partial charge in [0.25, 0.3) is 0 Å². The van der Waals surface area contributed by atoms with Gasteiger partial charge in [0, 0.05) is 0 Å². The molecule has 2 nitrogen and oxygen atoms in total. The number of rotatable bonds is 3. The van der Waals surface area contributed by atoms with Crippen LogP contribution in [0.3, 0.4) is 0 Å². The molecule has 106 valence electrons. The van der Waals surface area contributed by atoms with E-state index in [9.17, 15) is 10.1 Å². The number of nitriles is 1. The van der Waals surface area contributed by atoms with Crippen LogP contribution in [0.2, 0.25) is 0 Å². The van der Waals surface area contributed by atoms with Crippen molar-refractivity contribution in [3.63, 3.8) is 0 Å². The summed E-state index contributed by atoms with van der Waals surface area (Å²) in [4.78, 5) is 12.8. The number of benzene rings is 1. The molecule has 0 aliphatic rings. The summed E-state index contributed by atoms with van der Waals surface area (Å²) in [5.41, 5.74) is 2.35. The van der Waals surface area contributed by atoms with E-state index in [4.69, 9.17) is 0 Å². The van der Waals surface area contributed by atoms with E-state index >= 15 is 0 Å². The zero-order valence-corrected chi connectivity index (χ0v) is 13.2. The number of carbonyl (C=O) groups is 1. The van der Waals surface area contributed by atoms with Gasteiger partial charge in [0.2, 0.25) is 5.78 Å². The molecule has 3 heteroatoms. The summed E-state index contributed by atoms with van der Waals surface area (Å²) in [7, 11) is 0. The fraction of sp³-hybridized carbons (Fsp3) is 0.222. The Morgan fingerprint density at radius 1 is 1.19 bits per heavy atom. The van der Waals surface area contributed by atoms with Gasteiger partial charge in [0.1, 0.15) is 11.6 Å². The lowest BCUT2D eigenvalue weighted by atomic mass is 9.86. The average Bonchev–Trinajstić information content (AvgIpc) is 2.97. The zero-order chi connectivity index (χ0) is 15.5. The van der Waals surface area contributed by atoms with Gasteiger partial charge in [-0.3, -0.25) is 4.79 Å². The van der Waals surface area contributed by atoms with Gasteiger partial charge in [-0.1, -0.05) is 51.1 Å². The lowest BCUT2D eigenvalue weighted by molar-refractivity contribution is 0.104. The monoisotopic (exact) mass is 295 g/mol. The summed E-state index contributed by atoms with van der Waals surface area (Å²) in [6.07, 6.45) is 1.65. The maximum absolute atomic E-state index is 12.2. The van der Waals surface area contributed by atoms with Gasteiger partial charge >= 0.3 is 0 Å². The van der Waals surface area contributed by atoms with Crippen molar-refractivity contribution in [2.24, 2.45) is 0 Å². The molecule has 0 bridgehead atoms. The molecule has 0 fully saturated rings. The smallest absolute Gasteiger partial charge is 0.213 e. The molecule has 0 spiro atoms. The highest BCUT2D eigenvalue weighted by atomic mass is 32.1. The van der Waals surface area contributed by atoms with E-state index in [1.54, 1.807) is 12.1 Å². The molecule has 0 amide bonds. The summed E-state index contributed by atoms with van der Waals surface area (Å²) < 4.78 is 0. The Morgan fingerprint density at radius 2 is 1.86 bits per heavy atom. The van der Waals surface area contributed by atoms with E-state index in [-0.39, 0.29) is 16.8 Å². The summed E-state index contributed by atoms with van der Waals surface area (Å²) >= 11 is 1.35. The third-order valence-electron chi connectivity index (χ3n) is 3.20. The Morgan fingerprint density at radius 3 is 2.33 bits per heavy atom. The van der Waals surface area contributed by atoms with Crippen molar-refractivity contribution in [3.05, 3.63) is 63.4 Å². The Labute approximate surface area is 129 Å². The maximum atomic E-state index is 12.2. The Hall–Kier alpha value is -2.18. The fourth-order valence-corrected chi connectivity index (χ4v) is 2.61.